The van der Waals surface area contributed by atoms with Gasteiger partial charge in [-0.25, -0.2) is 4.98 Å². The number of hydrogen-bond acceptors (Lipinski definition) is 7. The van der Waals surface area contributed by atoms with Crippen molar-refractivity contribution in [3.05, 3.63) is 65.2 Å². The van der Waals surface area contributed by atoms with Crippen LogP contribution < -0.4 is 9.47 Å². The molecule has 0 aliphatic rings. The number of para-hydroxylation sites is 1. The summed E-state index contributed by atoms with van der Waals surface area (Å²) in [7, 11) is 0. The average Bonchev–Trinajstić information content (AvgIpc) is 3.20. The van der Waals surface area contributed by atoms with Crippen LogP contribution in [-0.4, -0.2) is 30.8 Å². The van der Waals surface area contributed by atoms with Gasteiger partial charge in [0.15, 0.2) is 0 Å². The van der Waals surface area contributed by atoms with Gasteiger partial charge >= 0.3 is 5.97 Å². The van der Waals surface area contributed by atoms with E-state index in [9.17, 15) is 4.79 Å². The van der Waals surface area contributed by atoms with Crippen LogP contribution >= 0.6 is 11.3 Å². The quantitative estimate of drug-likeness (QED) is 0.389. The van der Waals surface area contributed by atoms with Crippen molar-refractivity contribution in [2.75, 3.05) is 19.8 Å². The fourth-order valence-electron chi connectivity index (χ4n) is 2.58. The van der Waals surface area contributed by atoms with E-state index >= 15 is 0 Å². The van der Waals surface area contributed by atoms with Gasteiger partial charge < -0.3 is 14.2 Å². The molecule has 29 heavy (non-hydrogen) atoms. The monoisotopic (exact) mass is 408 g/mol. The SMILES string of the molecule is CCOc1ccccc1-c1nc(CC(=O)OCCOc2ccc(C#N)cc2)cs1. The molecule has 3 rings (SSSR count). The predicted molar refractivity (Wildman–Crippen MR) is 110 cm³/mol. The van der Waals surface area contributed by atoms with Crippen LogP contribution in [0.5, 0.6) is 11.5 Å². The number of carbonyl (C=O) groups excluding carboxylic acids is 1. The first-order chi connectivity index (χ1) is 14.2. The number of esters is 1. The van der Waals surface area contributed by atoms with E-state index < -0.39 is 0 Å². The number of rotatable bonds is 9. The maximum absolute atomic E-state index is 12.0. The highest BCUT2D eigenvalue weighted by Gasteiger charge is 2.13. The molecule has 0 saturated carbocycles. The molecule has 0 bridgehead atoms. The Hall–Kier alpha value is -3.37. The Kier molecular flexibility index (Phi) is 7.20. The first-order valence-electron chi connectivity index (χ1n) is 9.14. The Balaban J connectivity index is 1.47. The second-order valence-electron chi connectivity index (χ2n) is 5.96. The first-order valence-corrected chi connectivity index (χ1v) is 10.0. The van der Waals surface area contributed by atoms with Gasteiger partial charge in [-0.3, -0.25) is 4.79 Å². The van der Waals surface area contributed by atoms with Crippen LogP contribution in [-0.2, 0) is 16.0 Å². The lowest BCUT2D eigenvalue weighted by Crippen LogP contribution is -2.14. The zero-order valence-electron chi connectivity index (χ0n) is 16.0. The second-order valence-corrected chi connectivity index (χ2v) is 6.81. The number of nitrogens with zero attached hydrogens (tertiary/aromatic N) is 2. The van der Waals surface area contributed by atoms with Crippen molar-refractivity contribution in [2.45, 2.75) is 13.3 Å². The summed E-state index contributed by atoms with van der Waals surface area (Å²) in [5.74, 6) is 1.04. The number of ether oxygens (including phenoxy) is 3. The minimum atomic E-state index is -0.358. The van der Waals surface area contributed by atoms with Gasteiger partial charge in [0.25, 0.3) is 0 Å². The predicted octanol–water partition coefficient (Wildman–Crippen LogP) is 4.25. The average molecular weight is 408 g/mol. The van der Waals surface area contributed by atoms with Crippen LogP contribution in [0.25, 0.3) is 10.6 Å². The van der Waals surface area contributed by atoms with E-state index in [0.717, 1.165) is 16.3 Å². The molecule has 0 saturated heterocycles. The molecular weight excluding hydrogens is 388 g/mol. The summed E-state index contributed by atoms with van der Waals surface area (Å²) in [6.45, 7) is 2.89. The van der Waals surface area contributed by atoms with Gasteiger partial charge in [-0.2, -0.15) is 5.26 Å². The highest BCUT2D eigenvalue weighted by atomic mass is 32.1. The van der Waals surface area contributed by atoms with Gasteiger partial charge in [0.1, 0.15) is 29.7 Å². The van der Waals surface area contributed by atoms with Gasteiger partial charge in [-0.15, -0.1) is 11.3 Å². The first kappa shape index (κ1) is 20.4. The molecular formula is C22H20N2O4S. The molecule has 0 radical (unpaired) electrons. The van der Waals surface area contributed by atoms with Gasteiger partial charge in [-0.1, -0.05) is 12.1 Å². The van der Waals surface area contributed by atoms with Crippen LogP contribution in [0.3, 0.4) is 0 Å². The summed E-state index contributed by atoms with van der Waals surface area (Å²) in [6.07, 6.45) is 0.101. The third-order valence-electron chi connectivity index (χ3n) is 3.89. The Morgan fingerprint density at radius 2 is 1.90 bits per heavy atom. The number of carbonyl (C=O) groups is 1. The van der Waals surface area contributed by atoms with E-state index in [-0.39, 0.29) is 25.6 Å². The fourth-order valence-corrected chi connectivity index (χ4v) is 3.43. The van der Waals surface area contributed by atoms with Crippen molar-refractivity contribution in [1.82, 2.24) is 4.98 Å². The molecule has 0 unspecified atom stereocenters. The van der Waals surface area contributed by atoms with Crippen molar-refractivity contribution in [1.29, 1.82) is 5.26 Å². The van der Waals surface area contributed by atoms with Crippen LogP contribution in [0.15, 0.2) is 53.9 Å². The molecule has 0 amide bonds. The largest absolute Gasteiger partial charge is 0.493 e. The standard InChI is InChI=1S/C22H20N2O4S/c1-2-26-20-6-4-3-5-19(20)22-24-17(15-29-22)13-21(25)28-12-11-27-18-9-7-16(14-23)8-10-18/h3-10,15H,2,11-13H2,1H3. The van der Waals surface area contributed by atoms with Crippen molar-refractivity contribution in [3.8, 4) is 28.1 Å². The van der Waals surface area contributed by atoms with E-state index in [1.54, 1.807) is 24.3 Å². The Bertz CT molecular complexity index is 993. The molecule has 0 aliphatic carbocycles. The summed E-state index contributed by atoms with van der Waals surface area (Å²) in [4.78, 5) is 16.6. The molecule has 1 aromatic heterocycles. The molecule has 0 aliphatic heterocycles. The highest BCUT2D eigenvalue weighted by molar-refractivity contribution is 7.13. The van der Waals surface area contributed by atoms with Crippen molar-refractivity contribution >= 4 is 17.3 Å². The Labute approximate surface area is 173 Å². The van der Waals surface area contributed by atoms with E-state index in [1.165, 1.54) is 11.3 Å². The second kappa shape index (κ2) is 10.2. The van der Waals surface area contributed by atoms with Crippen LogP contribution in [0, 0.1) is 11.3 Å². The van der Waals surface area contributed by atoms with Gasteiger partial charge in [0, 0.05) is 5.38 Å². The number of hydrogen-bond donors (Lipinski definition) is 0. The number of aromatic nitrogens is 1. The minimum Gasteiger partial charge on any atom is -0.493 e. The number of thiazole rings is 1. The molecule has 1 heterocycles. The van der Waals surface area contributed by atoms with Gasteiger partial charge in [0.2, 0.25) is 0 Å². The topological polar surface area (TPSA) is 81.4 Å². The van der Waals surface area contributed by atoms with E-state index in [2.05, 4.69) is 4.98 Å². The van der Waals surface area contributed by atoms with Crippen LogP contribution in [0.4, 0.5) is 0 Å². The Morgan fingerprint density at radius 3 is 2.66 bits per heavy atom. The van der Waals surface area contributed by atoms with E-state index in [4.69, 9.17) is 19.5 Å². The highest BCUT2D eigenvalue weighted by Crippen LogP contribution is 2.32. The third kappa shape index (κ3) is 5.80. The third-order valence-corrected chi connectivity index (χ3v) is 4.82. The molecule has 7 heteroatoms. The molecule has 2 aromatic carbocycles. The van der Waals surface area contributed by atoms with E-state index in [1.807, 2.05) is 42.6 Å². The number of benzene rings is 2. The fraction of sp³-hybridized carbons (Fsp3) is 0.227. The lowest BCUT2D eigenvalue weighted by atomic mass is 10.2. The summed E-state index contributed by atoms with van der Waals surface area (Å²) >= 11 is 1.47. The van der Waals surface area contributed by atoms with Crippen LogP contribution in [0.2, 0.25) is 0 Å². The molecule has 0 atom stereocenters. The van der Waals surface area contributed by atoms with Gasteiger partial charge in [0.05, 0.1) is 35.9 Å². The normalized spacial score (nSPS) is 10.2. The maximum atomic E-state index is 12.0. The molecule has 3 aromatic rings. The molecule has 6 nitrogen and oxygen atoms in total. The van der Waals surface area contributed by atoms with Crippen molar-refractivity contribution in [2.24, 2.45) is 0 Å². The molecule has 148 valence electrons. The van der Waals surface area contributed by atoms with Crippen LogP contribution in [0.1, 0.15) is 18.2 Å². The molecule has 0 N–H and O–H groups in total. The van der Waals surface area contributed by atoms with Crippen molar-refractivity contribution < 1.29 is 19.0 Å². The van der Waals surface area contributed by atoms with Gasteiger partial charge in [-0.05, 0) is 43.3 Å². The zero-order chi connectivity index (χ0) is 20.5. The molecule has 0 spiro atoms. The summed E-state index contributed by atoms with van der Waals surface area (Å²) in [6, 6.07) is 16.5. The molecule has 0 fully saturated rings. The lowest BCUT2D eigenvalue weighted by molar-refractivity contribution is -0.143. The summed E-state index contributed by atoms with van der Waals surface area (Å²) in [5, 5.41) is 11.4. The zero-order valence-corrected chi connectivity index (χ0v) is 16.8. The lowest BCUT2D eigenvalue weighted by Gasteiger charge is -2.07. The summed E-state index contributed by atoms with van der Waals surface area (Å²) in [5.41, 5.74) is 2.14. The van der Waals surface area contributed by atoms with Crippen molar-refractivity contribution in [3.63, 3.8) is 0 Å². The number of nitriles is 1. The summed E-state index contributed by atoms with van der Waals surface area (Å²) < 4.78 is 16.3. The smallest absolute Gasteiger partial charge is 0.312 e. The minimum absolute atomic E-state index is 0.101. The van der Waals surface area contributed by atoms with E-state index in [0.29, 0.717) is 23.6 Å². The maximum Gasteiger partial charge on any atom is 0.312 e. The Morgan fingerprint density at radius 1 is 1.10 bits per heavy atom.